The number of hydrogen-bond donors (Lipinski definition) is 2. The predicted octanol–water partition coefficient (Wildman–Crippen LogP) is 3.87. The average Bonchev–Trinajstić information content (AvgIpc) is 2.55. The number of carbonyl (C=O) groups excluding carboxylic acids is 2. The SMILES string of the molecule is CCC(C)C(=O)NCCCCCCCCCC(=O)/C=C(/C)C(=O)O. The normalized spacial score (nSPS) is 12.7. The summed E-state index contributed by atoms with van der Waals surface area (Å²) in [7, 11) is 0. The number of carboxylic acids is 1. The Hall–Kier alpha value is -1.65. The summed E-state index contributed by atoms with van der Waals surface area (Å²) < 4.78 is 0. The molecule has 0 aromatic heterocycles. The maximum Gasteiger partial charge on any atom is 0.331 e. The van der Waals surface area contributed by atoms with Crippen LogP contribution in [0, 0.1) is 5.92 Å². The van der Waals surface area contributed by atoms with E-state index in [1.54, 1.807) is 0 Å². The Kier molecular flexibility index (Phi) is 12.8. The highest BCUT2D eigenvalue weighted by molar-refractivity contribution is 5.98. The van der Waals surface area contributed by atoms with E-state index in [-0.39, 0.29) is 23.2 Å². The molecular formula is C19H33NO4. The number of ketones is 1. The molecule has 0 aliphatic carbocycles. The highest BCUT2D eigenvalue weighted by atomic mass is 16.4. The number of allylic oxidation sites excluding steroid dienone is 1. The third-order valence-electron chi connectivity index (χ3n) is 4.17. The van der Waals surface area contributed by atoms with Gasteiger partial charge in [0.25, 0.3) is 0 Å². The van der Waals surface area contributed by atoms with Gasteiger partial charge < -0.3 is 10.4 Å². The number of hydrogen-bond acceptors (Lipinski definition) is 3. The lowest BCUT2D eigenvalue weighted by Crippen LogP contribution is -2.29. The monoisotopic (exact) mass is 339 g/mol. The predicted molar refractivity (Wildman–Crippen MR) is 95.8 cm³/mol. The fourth-order valence-corrected chi connectivity index (χ4v) is 2.25. The summed E-state index contributed by atoms with van der Waals surface area (Å²) in [5, 5.41) is 11.6. The second-order valence-electron chi connectivity index (χ2n) is 6.42. The summed E-state index contributed by atoms with van der Waals surface area (Å²) in [6.45, 7) is 6.15. The van der Waals surface area contributed by atoms with Crippen LogP contribution in [0.5, 0.6) is 0 Å². The van der Waals surface area contributed by atoms with Gasteiger partial charge >= 0.3 is 5.97 Å². The van der Waals surface area contributed by atoms with Crippen LogP contribution in [0.2, 0.25) is 0 Å². The van der Waals surface area contributed by atoms with Gasteiger partial charge in [-0.25, -0.2) is 4.79 Å². The zero-order valence-corrected chi connectivity index (χ0v) is 15.4. The van der Waals surface area contributed by atoms with Gasteiger partial charge in [0.15, 0.2) is 5.78 Å². The Labute approximate surface area is 145 Å². The maximum atomic E-state index is 11.6. The number of aliphatic carboxylic acids is 1. The lowest BCUT2D eigenvalue weighted by atomic mass is 10.1. The summed E-state index contributed by atoms with van der Waals surface area (Å²) in [5.41, 5.74) is 0.0976. The van der Waals surface area contributed by atoms with Gasteiger partial charge in [0.05, 0.1) is 0 Å². The second-order valence-corrected chi connectivity index (χ2v) is 6.42. The first-order chi connectivity index (χ1) is 11.4. The van der Waals surface area contributed by atoms with Crippen molar-refractivity contribution in [2.45, 2.75) is 78.6 Å². The maximum absolute atomic E-state index is 11.6. The van der Waals surface area contributed by atoms with E-state index >= 15 is 0 Å². The van der Waals surface area contributed by atoms with Gasteiger partial charge in [-0.3, -0.25) is 9.59 Å². The van der Waals surface area contributed by atoms with Crippen LogP contribution in [0.3, 0.4) is 0 Å². The van der Waals surface area contributed by atoms with Crippen LogP contribution >= 0.6 is 0 Å². The van der Waals surface area contributed by atoms with Gasteiger partial charge in [-0.15, -0.1) is 0 Å². The number of unbranched alkanes of at least 4 members (excludes halogenated alkanes) is 6. The lowest BCUT2D eigenvalue weighted by molar-refractivity contribution is -0.133. The molecule has 5 heteroatoms. The van der Waals surface area contributed by atoms with Gasteiger partial charge in [0.1, 0.15) is 0 Å². The van der Waals surface area contributed by atoms with Crippen molar-refractivity contribution in [2.75, 3.05) is 6.54 Å². The molecule has 0 heterocycles. The molecule has 138 valence electrons. The van der Waals surface area contributed by atoms with Gasteiger partial charge in [0, 0.05) is 24.5 Å². The van der Waals surface area contributed by atoms with Crippen molar-refractivity contribution in [3.8, 4) is 0 Å². The van der Waals surface area contributed by atoms with Gasteiger partial charge in [0.2, 0.25) is 5.91 Å². The molecule has 0 bridgehead atoms. The Morgan fingerprint density at radius 1 is 1.00 bits per heavy atom. The first-order valence-electron chi connectivity index (χ1n) is 9.10. The molecule has 0 saturated carbocycles. The van der Waals surface area contributed by atoms with E-state index in [2.05, 4.69) is 5.32 Å². The largest absolute Gasteiger partial charge is 0.478 e. The van der Waals surface area contributed by atoms with E-state index in [1.165, 1.54) is 13.0 Å². The number of carboxylic acid groups (broad SMARTS) is 1. The van der Waals surface area contributed by atoms with Gasteiger partial charge in [-0.05, 0) is 32.3 Å². The van der Waals surface area contributed by atoms with Crippen LogP contribution in [0.25, 0.3) is 0 Å². The summed E-state index contributed by atoms with van der Waals surface area (Å²) in [5.74, 6) is -0.896. The quantitative estimate of drug-likeness (QED) is 0.372. The van der Waals surface area contributed by atoms with E-state index in [0.29, 0.717) is 6.42 Å². The van der Waals surface area contributed by atoms with Crippen molar-refractivity contribution in [1.82, 2.24) is 5.32 Å². The topological polar surface area (TPSA) is 83.5 Å². The van der Waals surface area contributed by atoms with E-state index < -0.39 is 5.97 Å². The molecule has 0 rings (SSSR count). The Morgan fingerprint density at radius 3 is 2.08 bits per heavy atom. The minimum Gasteiger partial charge on any atom is -0.478 e. The summed E-state index contributed by atoms with van der Waals surface area (Å²) in [6.07, 6.45) is 9.82. The number of carbonyl (C=O) groups is 3. The molecule has 0 aliphatic heterocycles. The number of amides is 1. The highest BCUT2D eigenvalue weighted by Gasteiger charge is 2.08. The van der Waals surface area contributed by atoms with Crippen molar-refractivity contribution >= 4 is 17.7 Å². The summed E-state index contributed by atoms with van der Waals surface area (Å²) >= 11 is 0. The molecule has 2 N–H and O–H groups in total. The summed E-state index contributed by atoms with van der Waals surface area (Å²) in [4.78, 5) is 33.7. The zero-order valence-electron chi connectivity index (χ0n) is 15.4. The molecule has 5 nitrogen and oxygen atoms in total. The van der Waals surface area contributed by atoms with Crippen molar-refractivity contribution in [1.29, 1.82) is 0 Å². The average molecular weight is 339 g/mol. The fraction of sp³-hybridized carbons (Fsp3) is 0.737. The van der Waals surface area contributed by atoms with Crippen molar-refractivity contribution in [3.63, 3.8) is 0 Å². The van der Waals surface area contributed by atoms with Crippen LogP contribution in [0.4, 0.5) is 0 Å². The third kappa shape index (κ3) is 11.9. The van der Waals surface area contributed by atoms with Crippen LogP contribution in [-0.4, -0.2) is 29.3 Å². The molecule has 0 aliphatic rings. The van der Waals surface area contributed by atoms with Crippen molar-refractivity contribution < 1.29 is 19.5 Å². The van der Waals surface area contributed by atoms with Crippen LogP contribution in [0.1, 0.15) is 78.6 Å². The Morgan fingerprint density at radius 2 is 1.54 bits per heavy atom. The fourth-order valence-electron chi connectivity index (χ4n) is 2.25. The smallest absolute Gasteiger partial charge is 0.331 e. The third-order valence-corrected chi connectivity index (χ3v) is 4.17. The molecule has 0 fully saturated rings. The number of nitrogens with one attached hydrogen (secondary N) is 1. The standard InChI is InChI=1S/C19H33NO4/c1-4-15(2)18(22)20-13-11-9-7-5-6-8-10-12-17(21)14-16(3)19(23)24/h14-15H,4-13H2,1-3H3,(H,20,22)(H,23,24)/b16-14-. The molecular weight excluding hydrogens is 306 g/mol. The van der Waals surface area contributed by atoms with E-state index in [9.17, 15) is 14.4 Å². The first kappa shape index (κ1) is 22.4. The Bertz CT molecular complexity index is 429. The molecule has 0 aromatic rings. The molecule has 1 unspecified atom stereocenters. The minimum atomic E-state index is -1.04. The zero-order chi connectivity index (χ0) is 18.4. The molecule has 0 aromatic carbocycles. The number of rotatable bonds is 14. The van der Waals surface area contributed by atoms with E-state index in [4.69, 9.17) is 5.11 Å². The van der Waals surface area contributed by atoms with Crippen LogP contribution < -0.4 is 5.32 Å². The lowest BCUT2D eigenvalue weighted by Gasteiger charge is -2.09. The van der Waals surface area contributed by atoms with Gasteiger partial charge in [-0.1, -0.05) is 46.0 Å². The molecule has 1 amide bonds. The summed E-state index contributed by atoms with van der Waals surface area (Å²) in [6, 6.07) is 0. The second kappa shape index (κ2) is 13.8. The van der Waals surface area contributed by atoms with Crippen molar-refractivity contribution in [3.05, 3.63) is 11.6 Å². The molecule has 1 atom stereocenters. The van der Waals surface area contributed by atoms with E-state index in [0.717, 1.165) is 57.9 Å². The first-order valence-corrected chi connectivity index (χ1v) is 9.10. The Balaban J connectivity index is 3.46. The highest BCUT2D eigenvalue weighted by Crippen LogP contribution is 2.09. The molecule has 0 spiro atoms. The van der Waals surface area contributed by atoms with Crippen LogP contribution in [-0.2, 0) is 14.4 Å². The van der Waals surface area contributed by atoms with Crippen LogP contribution in [0.15, 0.2) is 11.6 Å². The van der Waals surface area contributed by atoms with E-state index in [1.807, 2.05) is 13.8 Å². The molecule has 0 radical (unpaired) electrons. The minimum absolute atomic E-state index is 0.0976. The van der Waals surface area contributed by atoms with Crippen molar-refractivity contribution in [2.24, 2.45) is 5.92 Å². The molecule has 24 heavy (non-hydrogen) atoms. The van der Waals surface area contributed by atoms with Gasteiger partial charge in [-0.2, -0.15) is 0 Å². The molecule has 0 saturated heterocycles.